The first kappa shape index (κ1) is 13.2. The molecule has 0 atom stereocenters. The third-order valence-corrected chi connectivity index (χ3v) is 3.29. The largest absolute Gasteiger partial charge is 0.417 e. The molecule has 1 aromatic rings. The van der Waals surface area contributed by atoms with Gasteiger partial charge >= 0.3 is 6.18 Å². The van der Waals surface area contributed by atoms with E-state index in [1.807, 2.05) is 0 Å². The van der Waals surface area contributed by atoms with E-state index in [0.717, 1.165) is 37.5 Å². The van der Waals surface area contributed by atoms with Crippen molar-refractivity contribution in [3.63, 3.8) is 0 Å². The minimum absolute atomic E-state index is 0.138. The van der Waals surface area contributed by atoms with Crippen LogP contribution in [0.1, 0.15) is 35.2 Å². The van der Waals surface area contributed by atoms with Crippen molar-refractivity contribution in [2.45, 2.75) is 31.5 Å². The van der Waals surface area contributed by atoms with Crippen LogP contribution in [0.4, 0.5) is 13.2 Å². The zero-order chi connectivity index (χ0) is 13.3. The lowest BCUT2D eigenvalue weighted by molar-refractivity contribution is -0.137. The third-order valence-electron chi connectivity index (χ3n) is 2.98. The first-order chi connectivity index (χ1) is 8.38. The number of carbonyl (C=O) groups excluding carboxylic acids is 1. The molecule has 1 aliphatic rings. The number of hydrogen-bond donors (Lipinski definition) is 1. The van der Waals surface area contributed by atoms with Crippen LogP contribution in [-0.4, -0.2) is 11.9 Å². The molecular formula is C12H11ClF3NO. The normalized spacial score (nSPS) is 16.2. The van der Waals surface area contributed by atoms with E-state index in [2.05, 4.69) is 5.32 Å². The highest BCUT2D eigenvalue weighted by atomic mass is 35.5. The maximum absolute atomic E-state index is 12.5. The Bertz CT molecular complexity index is 469. The van der Waals surface area contributed by atoms with Crippen molar-refractivity contribution in [2.75, 3.05) is 0 Å². The van der Waals surface area contributed by atoms with Crippen molar-refractivity contribution in [3.8, 4) is 0 Å². The molecule has 0 aliphatic heterocycles. The number of amides is 1. The molecule has 0 aromatic heterocycles. The maximum Gasteiger partial charge on any atom is 0.417 e. The summed E-state index contributed by atoms with van der Waals surface area (Å²) in [4.78, 5) is 11.7. The predicted molar refractivity (Wildman–Crippen MR) is 61.6 cm³/mol. The van der Waals surface area contributed by atoms with Crippen molar-refractivity contribution in [1.29, 1.82) is 0 Å². The van der Waals surface area contributed by atoms with Crippen LogP contribution in [0.5, 0.6) is 0 Å². The molecule has 1 aromatic carbocycles. The second kappa shape index (κ2) is 4.80. The fourth-order valence-corrected chi connectivity index (χ4v) is 2.00. The summed E-state index contributed by atoms with van der Waals surface area (Å²) in [6, 6.07) is 3.16. The van der Waals surface area contributed by atoms with Gasteiger partial charge in [0.05, 0.1) is 10.6 Å². The number of rotatable bonds is 2. The van der Waals surface area contributed by atoms with Gasteiger partial charge in [0, 0.05) is 11.6 Å². The van der Waals surface area contributed by atoms with Crippen molar-refractivity contribution < 1.29 is 18.0 Å². The van der Waals surface area contributed by atoms with E-state index in [-0.39, 0.29) is 17.5 Å². The summed E-state index contributed by atoms with van der Waals surface area (Å²) in [5.41, 5.74) is -0.774. The van der Waals surface area contributed by atoms with Crippen molar-refractivity contribution >= 4 is 17.5 Å². The second-order valence-electron chi connectivity index (χ2n) is 4.29. The summed E-state index contributed by atoms with van der Waals surface area (Å²) in [6.45, 7) is 0. The second-order valence-corrected chi connectivity index (χ2v) is 4.70. The van der Waals surface area contributed by atoms with Crippen LogP contribution in [-0.2, 0) is 6.18 Å². The van der Waals surface area contributed by atoms with Crippen molar-refractivity contribution in [3.05, 3.63) is 34.3 Å². The summed E-state index contributed by atoms with van der Waals surface area (Å²) in [5, 5.41) is 2.28. The van der Waals surface area contributed by atoms with Crippen LogP contribution in [0, 0.1) is 0 Å². The number of nitrogens with one attached hydrogen (secondary N) is 1. The summed E-state index contributed by atoms with van der Waals surface area (Å²) >= 11 is 5.54. The van der Waals surface area contributed by atoms with E-state index in [1.54, 1.807) is 0 Å². The summed E-state index contributed by atoms with van der Waals surface area (Å²) in [7, 11) is 0. The van der Waals surface area contributed by atoms with Gasteiger partial charge < -0.3 is 5.32 Å². The van der Waals surface area contributed by atoms with Gasteiger partial charge in [-0.05, 0) is 37.5 Å². The van der Waals surface area contributed by atoms with E-state index >= 15 is 0 Å². The molecule has 0 heterocycles. The average Bonchev–Trinajstić information content (AvgIpc) is 2.21. The van der Waals surface area contributed by atoms with Gasteiger partial charge in [-0.3, -0.25) is 4.79 Å². The minimum atomic E-state index is -4.50. The van der Waals surface area contributed by atoms with Gasteiger partial charge in [-0.2, -0.15) is 13.2 Å². The van der Waals surface area contributed by atoms with Crippen LogP contribution in [0.25, 0.3) is 0 Å². The molecular weight excluding hydrogens is 267 g/mol. The Kier molecular flexibility index (Phi) is 3.52. The van der Waals surface area contributed by atoms with Crippen molar-refractivity contribution in [1.82, 2.24) is 5.32 Å². The average molecular weight is 278 g/mol. The molecule has 1 amide bonds. The molecule has 0 radical (unpaired) electrons. The maximum atomic E-state index is 12.5. The third kappa shape index (κ3) is 2.77. The first-order valence-corrected chi connectivity index (χ1v) is 5.93. The number of halogens is 4. The lowest BCUT2D eigenvalue weighted by Crippen LogP contribution is -2.39. The van der Waals surface area contributed by atoms with Crippen molar-refractivity contribution in [2.24, 2.45) is 0 Å². The van der Waals surface area contributed by atoms with E-state index in [0.29, 0.717) is 0 Å². The Morgan fingerprint density at radius 2 is 2.00 bits per heavy atom. The number of hydrogen-bond acceptors (Lipinski definition) is 1. The van der Waals surface area contributed by atoms with E-state index < -0.39 is 16.8 Å². The molecule has 18 heavy (non-hydrogen) atoms. The van der Waals surface area contributed by atoms with Gasteiger partial charge in [-0.15, -0.1) is 0 Å². The molecule has 1 N–H and O–H groups in total. The Morgan fingerprint density at radius 1 is 1.33 bits per heavy atom. The van der Waals surface area contributed by atoms with Crippen LogP contribution >= 0.6 is 11.6 Å². The monoisotopic (exact) mass is 277 g/mol. The molecule has 98 valence electrons. The van der Waals surface area contributed by atoms with E-state index in [4.69, 9.17) is 11.6 Å². The SMILES string of the molecule is O=C(NC1CCC1)c1ccc(C(F)(F)F)c(Cl)c1. The Hall–Kier alpha value is -1.23. The van der Waals surface area contributed by atoms with Crippen LogP contribution in [0.3, 0.4) is 0 Å². The van der Waals surface area contributed by atoms with Crippen LogP contribution < -0.4 is 5.32 Å². The first-order valence-electron chi connectivity index (χ1n) is 5.55. The molecule has 0 unspecified atom stereocenters. The summed E-state index contributed by atoms with van der Waals surface area (Å²) in [5.74, 6) is -0.379. The quantitative estimate of drug-likeness (QED) is 0.878. The standard InChI is InChI=1S/C12H11ClF3NO/c13-10-6-7(4-5-9(10)12(14,15)16)11(18)17-8-2-1-3-8/h4-6,8H,1-3H2,(H,17,18). The molecule has 1 fully saturated rings. The van der Waals surface area contributed by atoms with Gasteiger partial charge in [0.15, 0.2) is 0 Å². The zero-order valence-electron chi connectivity index (χ0n) is 9.35. The lowest BCUT2D eigenvalue weighted by atomic mass is 9.93. The Morgan fingerprint density at radius 3 is 2.44 bits per heavy atom. The molecule has 6 heteroatoms. The number of alkyl halides is 3. The Balaban J connectivity index is 2.15. The van der Waals surface area contributed by atoms with Gasteiger partial charge in [0.25, 0.3) is 5.91 Å². The molecule has 2 nitrogen and oxygen atoms in total. The molecule has 0 spiro atoms. The Labute approximate surface area is 107 Å². The van der Waals surface area contributed by atoms with Crippen LogP contribution in [0.2, 0.25) is 5.02 Å². The van der Waals surface area contributed by atoms with E-state index in [1.165, 1.54) is 0 Å². The van der Waals surface area contributed by atoms with Gasteiger partial charge in [-0.1, -0.05) is 11.6 Å². The minimum Gasteiger partial charge on any atom is -0.349 e. The highest BCUT2D eigenvalue weighted by Gasteiger charge is 2.33. The zero-order valence-corrected chi connectivity index (χ0v) is 10.1. The summed E-state index contributed by atoms with van der Waals surface area (Å²) in [6.07, 6.45) is -1.60. The highest BCUT2D eigenvalue weighted by Crippen LogP contribution is 2.35. The highest BCUT2D eigenvalue weighted by molar-refractivity contribution is 6.31. The van der Waals surface area contributed by atoms with Crippen LogP contribution in [0.15, 0.2) is 18.2 Å². The summed E-state index contributed by atoms with van der Waals surface area (Å²) < 4.78 is 37.4. The fourth-order valence-electron chi connectivity index (χ4n) is 1.71. The molecule has 1 saturated carbocycles. The predicted octanol–water partition coefficient (Wildman–Crippen LogP) is 3.64. The number of benzene rings is 1. The molecule has 0 bridgehead atoms. The fraction of sp³-hybridized carbons (Fsp3) is 0.417. The van der Waals surface area contributed by atoms with Gasteiger partial charge in [0.1, 0.15) is 0 Å². The smallest absolute Gasteiger partial charge is 0.349 e. The topological polar surface area (TPSA) is 29.1 Å². The number of carbonyl (C=O) groups is 1. The molecule has 1 aliphatic carbocycles. The van der Waals surface area contributed by atoms with Gasteiger partial charge in [0.2, 0.25) is 0 Å². The molecule has 2 rings (SSSR count). The van der Waals surface area contributed by atoms with E-state index in [9.17, 15) is 18.0 Å². The molecule has 0 saturated heterocycles. The van der Waals surface area contributed by atoms with Gasteiger partial charge in [-0.25, -0.2) is 0 Å². The lowest BCUT2D eigenvalue weighted by Gasteiger charge is -2.26.